The quantitative estimate of drug-likeness (QED) is 0.720. The van der Waals surface area contributed by atoms with Gasteiger partial charge in [-0.2, -0.15) is 0 Å². The third-order valence-corrected chi connectivity index (χ3v) is 1.88. The molecule has 0 amide bonds. The summed E-state index contributed by atoms with van der Waals surface area (Å²) in [4.78, 5) is 3.78. The second kappa shape index (κ2) is 3.71. The van der Waals surface area contributed by atoms with Crippen molar-refractivity contribution in [2.24, 2.45) is 0 Å². The van der Waals surface area contributed by atoms with Crippen LogP contribution in [-0.4, -0.2) is 24.8 Å². The lowest BCUT2D eigenvalue weighted by Gasteiger charge is -2.02. The van der Waals surface area contributed by atoms with Gasteiger partial charge in [0.15, 0.2) is 0 Å². The number of nitrogens with zero attached hydrogens (tertiary/aromatic N) is 1. The van der Waals surface area contributed by atoms with Gasteiger partial charge in [-0.1, -0.05) is 6.07 Å². The Balaban J connectivity index is 2.81. The third kappa shape index (κ3) is 3.39. The zero-order chi connectivity index (χ0) is 9.90. The van der Waals surface area contributed by atoms with Crippen LogP contribution in [0.25, 0.3) is 0 Å². The van der Waals surface area contributed by atoms with Gasteiger partial charge in [-0.25, -0.2) is 13.4 Å². The Morgan fingerprint density at radius 3 is 2.62 bits per heavy atom. The lowest BCUT2D eigenvalue weighted by Crippen LogP contribution is -2.10. The largest absolute Gasteiger partial charge is 0.392 e. The molecule has 0 spiro atoms. The van der Waals surface area contributed by atoms with E-state index < -0.39 is 10.0 Å². The predicted octanol–water partition coefficient (Wildman–Crippen LogP) is -0.0546. The number of hydrogen-bond donors (Lipinski definition) is 2. The summed E-state index contributed by atoms with van der Waals surface area (Å²) in [7, 11) is -3.27. The molecule has 0 fully saturated rings. The topological polar surface area (TPSA) is 79.3 Å². The summed E-state index contributed by atoms with van der Waals surface area (Å²) >= 11 is 0. The first kappa shape index (κ1) is 9.94. The van der Waals surface area contributed by atoms with E-state index in [0.717, 1.165) is 6.26 Å². The molecule has 1 heterocycles. The molecule has 0 saturated heterocycles. The minimum absolute atomic E-state index is 0.105. The van der Waals surface area contributed by atoms with Gasteiger partial charge >= 0.3 is 0 Å². The molecule has 0 aliphatic carbocycles. The van der Waals surface area contributed by atoms with Gasteiger partial charge in [0.1, 0.15) is 5.82 Å². The number of aliphatic hydroxyl groups excluding tert-OH is 1. The molecule has 6 heteroatoms. The molecule has 0 aliphatic heterocycles. The number of nitrogens with one attached hydrogen (secondary N) is 1. The number of aliphatic hydroxyl groups is 1. The highest BCUT2D eigenvalue weighted by molar-refractivity contribution is 7.92. The van der Waals surface area contributed by atoms with Crippen molar-refractivity contribution in [3.05, 3.63) is 23.9 Å². The van der Waals surface area contributed by atoms with Crippen molar-refractivity contribution < 1.29 is 13.5 Å². The summed E-state index contributed by atoms with van der Waals surface area (Å²) in [6.45, 7) is -0.105. The molecule has 72 valence electrons. The van der Waals surface area contributed by atoms with Crippen LogP contribution in [0.1, 0.15) is 5.56 Å². The van der Waals surface area contributed by atoms with Crippen molar-refractivity contribution in [2.45, 2.75) is 6.61 Å². The average molecular weight is 202 g/mol. The number of hydrogen-bond acceptors (Lipinski definition) is 4. The van der Waals surface area contributed by atoms with Crippen molar-refractivity contribution in [1.82, 2.24) is 4.98 Å². The molecular formula is C7H10N2O3S. The molecule has 2 N–H and O–H groups in total. The van der Waals surface area contributed by atoms with Gasteiger partial charge in [0.25, 0.3) is 0 Å². The molecule has 0 saturated carbocycles. The van der Waals surface area contributed by atoms with Crippen LogP contribution in [0.4, 0.5) is 5.82 Å². The summed E-state index contributed by atoms with van der Waals surface area (Å²) in [5.41, 5.74) is 0.638. The normalized spacial score (nSPS) is 11.2. The summed E-state index contributed by atoms with van der Waals surface area (Å²) in [5.74, 6) is 0.250. The molecule has 0 aliphatic rings. The van der Waals surface area contributed by atoms with Gasteiger partial charge < -0.3 is 5.11 Å². The van der Waals surface area contributed by atoms with E-state index in [1.807, 2.05) is 0 Å². The molecule has 0 bridgehead atoms. The Morgan fingerprint density at radius 2 is 2.23 bits per heavy atom. The van der Waals surface area contributed by atoms with E-state index >= 15 is 0 Å². The van der Waals surface area contributed by atoms with Gasteiger partial charge in [-0.05, 0) is 11.6 Å². The predicted molar refractivity (Wildman–Crippen MR) is 48.6 cm³/mol. The first-order valence-corrected chi connectivity index (χ1v) is 5.44. The Bertz CT molecular complexity index is 371. The van der Waals surface area contributed by atoms with E-state index in [1.54, 1.807) is 6.07 Å². The van der Waals surface area contributed by atoms with Crippen molar-refractivity contribution >= 4 is 15.8 Å². The SMILES string of the molecule is CS(=O)(=O)Nc1ccc(CO)cn1. The number of sulfonamides is 1. The highest BCUT2D eigenvalue weighted by Gasteiger charge is 2.01. The fourth-order valence-electron chi connectivity index (χ4n) is 0.768. The van der Waals surface area contributed by atoms with Gasteiger partial charge in [-0.15, -0.1) is 0 Å². The monoisotopic (exact) mass is 202 g/mol. The third-order valence-electron chi connectivity index (χ3n) is 1.30. The maximum Gasteiger partial charge on any atom is 0.230 e. The van der Waals surface area contributed by atoms with Gasteiger partial charge in [0, 0.05) is 6.20 Å². The van der Waals surface area contributed by atoms with E-state index in [9.17, 15) is 8.42 Å². The van der Waals surface area contributed by atoms with E-state index in [2.05, 4.69) is 9.71 Å². The Morgan fingerprint density at radius 1 is 1.54 bits per heavy atom. The Labute approximate surface area is 76.5 Å². The summed E-state index contributed by atoms with van der Waals surface area (Å²) in [6.07, 6.45) is 2.46. The zero-order valence-electron chi connectivity index (χ0n) is 7.06. The maximum atomic E-state index is 10.8. The molecule has 0 atom stereocenters. The highest BCUT2D eigenvalue weighted by Crippen LogP contribution is 2.05. The molecule has 5 nitrogen and oxygen atoms in total. The first-order chi connectivity index (χ1) is 6.01. The Kier molecular flexibility index (Phi) is 2.84. The van der Waals surface area contributed by atoms with Crippen LogP contribution in [0, 0.1) is 0 Å². The molecule has 1 rings (SSSR count). The van der Waals surface area contributed by atoms with Crippen LogP contribution in [0.5, 0.6) is 0 Å². The Hall–Kier alpha value is -1.14. The molecule has 1 aromatic rings. The van der Waals surface area contributed by atoms with Crippen LogP contribution in [-0.2, 0) is 16.6 Å². The lowest BCUT2D eigenvalue weighted by atomic mass is 10.3. The molecule has 13 heavy (non-hydrogen) atoms. The second-order valence-electron chi connectivity index (χ2n) is 2.58. The molecular weight excluding hydrogens is 192 g/mol. The van der Waals surface area contributed by atoms with Crippen molar-refractivity contribution in [3.63, 3.8) is 0 Å². The number of pyridine rings is 1. The van der Waals surface area contributed by atoms with Crippen LogP contribution in [0.15, 0.2) is 18.3 Å². The fourth-order valence-corrected chi connectivity index (χ4v) is 1.27. The summed E-state index contributed by atoms with van der Waals surface area (Å²) in [6, 6.07) is 3.09. The van der Waals surface area contributed by atoms with Crippen LogP contribution < -0.4 is 4.72 Å². The van der Waals surface area contributed by atoms with Gasteiger partial charge in [0.05, 0.1) is 12.9 Å². The first-order valence-electron chi connectivity index (χ1n) is 3.55. The van der Waals surface area contributed by atoms with Crippen molar-refractivity contribution in [1.29, 1.82) is 0 Å². The van der Waals surface area contributed by atoms with Gasteiger partial charge in [0.2, 0.25) is 10.0 Å². The van der Waals surface area contributed by atoms with E-state index in [1.165, 1.54) is 12.3 Å². The van der Waals surface area contributed by atoms with E-state index in [4.69, 9.17) is 5.11 Å². The van der Waals surface area contributed by atoms with Crippen molar-refractivity contribution in [2.75, 3.05) is 11.0 Å². The molecule has 0 aromatic carbocycles. The van der Waals surface area contributed by atoms with E-state index in [0.29, 0.717) is 5.56 Å². The molecule has 1 aromatic heterocycles. The fraction of sp³-hybridized carbons (Fsp3) is 0.286. The number of rotatable bonds is 3. The maximum absolute atomic E-state index is 10.8. The van der Waals surface area contributed by atoms with Crippen LogP contribution in [0.2, 0.25) is 0 Å². The summed E-state index contributed by atoms with van der Waals surface area (Å²) < 4.78 is 23.7. The average Bonchev–Trinajstić information content (AvgIpc) is 2.03. The van der Waals surface area contributed by atoms with Gasteiger partial charge in [-0.3, -0.25) is 4.72 Å². The second-order valence-corrected chi connectivity index (χ2v) is 4.33. The highest BCUT2D eigenvalue weighted by atomic mass is 32.2. The lowest BCUT2D eigenvalue weighted by molar-refractivity contribution is 0.281. The van der Waals surface area contributed by atoms with Crippen molar-refractivity contribution in [3.8, 4) is 0 Å². The summed E-state index contributed by atoms with van der Waals surface area (Å²) in [5, 5.41) is 8.68. The number of aromatic nitrogens is 1. The minimum atomic E-state index is -3.27. The van der Waals surface area contributed by atoms with E-state index in [-0.39, 0.29) is 12.4 Å². The van der Waals surface area contributed by atoms with Crippen LogP contribution >= 0.6 is 0 Å². The minimum Gasteiger partial charge on any atom is -0.392 e. The standard InChI is InChI=1S/C7H10N2O3S/c1-13(11,12)9-7-3-2-6(5-10)4-8-7/h2-4,10H,5H2,1H3,(H,8,9). The van der Waals surface area contributed by atoms with Crippen LogP contribution in [0.3, 0.4) is 0 Å². The molecule has 0 unspecified atom stereocenters. The smallest absolute Gasteiger partial charge is 0.230 e. The zero-order valence-corrected chi connectivity index (χ0v) is 7.87. The number of anilines is 1. The molecule has 0 radical (unpaired) electrons.